The highest BCUT2D eigenvalue weighted by Crippen LogP contribution is 2.05. The summed E-state index contributed by atoms with van der Waals surface area (Å²) < 4.78 is 5.21. The third-order valence-corrected chi connectivity index (χ3v) is 2.01. The van der Waals surface area contributed by atoms with E-state index in [0.717, 1.165) is 18.6 Å². The van der Waals surface area contributed by atoms with Gasteiger partial charge in [-0.25, -0.2) is 0 Å². The molecule has 0 fully saturated rings. The zero-order valence-corrected chi connectivity index (χ0v) is 7.99. The zero-order chi connectivity index (χ0) is 9.52. The van der Waals surface area contributed by atoms with Crippen molar-refractivity contribution < 1.29 is 9.52 Å². The van der Waals surface area contributed by atoms with E-state index in [4.69, 9.17) is 9.52 Å². The summed E-state index contributed by atoms with van der Waals surface area (Å²) in [7, 11) is 0. The molecule has 0 aliphatic carbocycles. The number of aliphatic hydroxyl groups is 1. The first-order chi connectivity index (χ1) is 6.33. The molecule has 1 rings (SSSR count). The van der Waals surface area contributed by atoms with Gasteiger partial charge in [-0.1, -0.05) is 0 Å². The van der Waals surface area contributed by atoms with Crippen molar-refractivity contribution in [2.45, 2.75) is 25.8 Å². The molecule has 1 atom stereocenters. The average Bonchev–Trinajstić information content (AvgIpc) is 2.64. The Bertz CT molecular complexity index is 209. The maximum Gasteiger partial charge on any atom is 0.103 e. The van der Waals surface area contributed by atoms with Gasteiger partial charge in [0.05, 0.1) is 12.9 Å². The number of aliphatic hydroxyl groups excluding tert-OH is 1. The van der Waals surface area contributed by atoms with E-state index in [1.165, 1.54) is 0 Å². The Kier molecular flexibility index (Phi) is 4.57. The summed E-state index contributed by atoms with van der Waals surface area (Å²) in [5.41, 5.74) is 0. The highest BCUT2D eigenvalue weighted by atomic mass is 16.3. The molecule has 0 aliphatic rings. The van der Waals surface area contributed by atoms with E-state index < -0.39 is 0 Å². The number of rotatable bonds is 6. The second kappa shape index (κ2) is 5.78. The second-order valence-electron chi connectivity index (χ2n) is 3.20. The van der Waals surface area contributed by atoms with Crippen molar-refractivity contribution in [2.75, 3.05) is 13.2 Å². The molecule has 0 aliphatic heterocycles. The van der Waals surface area contributed by atoms with Crippen molar-refractivity contribution in [1.29, 1.82) is 0 Å². The molecule has 0 spiro atoms. The van der Waals surface area contributed by atoms with Gasteiger partial charge >= 0.3 is 0 Å². The van der Waals surface area contributed by atoms with E-state index in [9.17, 15) is 0 Å². The summed E-state index contributed by atoms with van der Waals surface area (Å²) in [5.74, 6) is 1.03. The van der Waals surface area contributed by atoms with Crippen LogP contribution in [0.25, 0.3) is 0 Å². The van der Waals surface area contributed by atoms with Gasteiger partial charge in [0.25, 0.3) is 0 Å². The minimum atomic E-state index is 0.199. The van der Waals surface area contributed by atoms with Gasteiger partial charge in [0.1, 0.15) is 5.76 Å². The largest absolute Gasteiger partial charge is 0.469 e. The lowest BCUT2D eigenvalue weighted by atomic mass is 10.1. The van der Waals surface area contributed by atoms with Gasteiger partial charge in [-0.05, 0) is 25.5 Å². The van der Waals surface area contributed by atoms with Crippen molar-refractivity contribution in [3.8, 4) is 0 Å². The lowest BCUT2D eigenvalue weighted by Gasteiger charge is -2.11. The Morgan fingerprint density at radius 3 is 3.08 bits per heavy atom. The monoisotopic (exact) mass is 183 g/mol. The molecular weight excluding hydrogens is 166 g/mol. The Morgan fingerprint density at radius 2 is 2.46 bits per heavy atom. The van der Waals surface area contributed by atoms with Crippen LogP contribution >= 0.6 is 0 Å². The van der Waals surface area contributed by atoms with E-state index in [-0.39, 0.29) is 6.61 Å². The van der Waals surface area contributed by atoms with Gasteiger partial charge in [-0.15, -0.1) is 0 Å². The Balaban J connectivity index is 2.11. The van der Waals surface area contributed by atoms with Crippen LogP contribution in [-0.2, 0) is 6.42 Å². The fourth-order valence-corrected chi connectivity index (χ4v) is 1.23. The van der Waals surface area contributed by atoms with Crippen LogP contribution in [-0.4, -0.2) is 24.3 Å². The molecule has 13 heavy (non-hydrogen) atoms. The topological polar surface area (TPSA) is 45.4 Å². The molecule has 0 radical (unpaired) electrons. The Hall–Kier alpha value is -0.800. The molecule has 3 heteroatoms. The second-order valence-corrected chi connectivity index (χ2v) is 3.20. The predicted octanol–water partition coefficient (Wildman–Crippen LogP) is 1.18. The molecule has 1 unspecified atom stereocenters. The van der Waals surface area contributed by atoms with Gasteiger partial charge in [0.15, 0.2) is 0 Å². The normalized spacial score (nSPS) is 13.1. The number of aryl methyl sites for hydroxylation is 1. The lowest BCUT2D eigenvalue weighted by molar-refractivity contribution is 0.284. The number of nitrogens with one attached hydrogen (secondary N) is 1. The summed E-state index contributed by atoms with van der Waals surface area (Å²) in [5, 5.41) is 11.8. The first-order valence-electron chi connectivity index (χ1n) is 4.69. The molecule has 1 aromatic heterocycles. The summed E-state index contributed by atoms with van der Waals surface area (Å²) >= 11 is 0. The first-order valence-corrected chi connectivity index (χ1v) is 4.69. The minimum Gasteiger partial charge on any atom is -0.469 e. The van der Waals surface area contributed by atoms with Crippen LogP contribution in [0.3, 0.4) is 0 Å². The Morgan fingerprint density at radius 1 is 1.62 bits per heavy atom. The molecule has 0 amide bonds. The Labute approximate surface area is 78.8 Å². The van der Waals surface area contributed by atoms with E-state index in [0.29, 0.717) is 12.6 Å². The van der Waals surface area contributed by atoms with Crippen molar-refractivity contribution in [3.63, 3.8) is 0 Å². The van der Waals surface area contributed by atoms with Crippen LogP contribution < -0.4 is 5.32 Å². The average molecular weight is 183 g/mol. The van der Waals surface area contributed by atoms with Gasteiger partial charge in [0.2, 0.25) is 0 Å². The fraction of sp³-hybridized carbons (Fsp3) is 0.600. The number of hydrogen-bond acceptors (Lipinski definition) is 3. The van der Waals surface area contributed by atoms with Gasteiger partial charge in [-0.2, -0.15) is 0 Å². The van der Waals surface area contributed by atoms with E-state index in [1.807, 2.05) is 12.1 Å². The third-order valence-electron chi connectivity index (χ3n) is 2.01. The number of hydrogen-bond donors (Lipinski definition) is 2. The molecule has 3 nitrogen and oxygen atoms in total. The van der Waals surface area contributed by atoms with Crippen LogP contribution in [0.1, 0.15) is 19.1 Å². The van der Waals surface area contributed by atoms with Crippen LogP contribution in [0.15, 0.2) is 22.8 Å². The van der Waals surface area contributed by atoms with Crippen LogP contribution in [0.5, 0.6) is 0 Å². The summed E-state index contributed by atoms with van der Waals surface area (Å²) in [6.07, 6.45) is 3.68. The lowest BCUT2D eigenvalue weighted by Crippen LogP contribution is -2.29. The van der Waals surface area contributed by atoms with Crippen LogP contribution in [0, 0.1) is 0 Å². The van der Waals surface area contributed by atoms with Gasteiger partial charge < -0.3 is 14.8 Å². The molecular formula is C10H17NO2. The van der Waals surface area contributed by atoms with Crippen molar-refractivity contribution in [2.24, 2.45) is 0 Å². The summed E-state index contributed by atoms with van der Waals surface area (Å²) in [6, 6.07) is 4.32. The molecule has 0 saturated heterocycles. The molecule has 0 saturated carbocycles. The maximum atomic E-state index is 8.59. The van der Waals surface area contributed by atoms with Crippen molar-refractivity contribution in [3.05, 3.63) is 24.2 Å². The quantitative estimate of drug-likeness (QED) is 0.696. The van der Waals surface area contributed by atoms with Crippen molar-refractivity contribution >= 4 is 0 Å². The van der Waals surface area contributed by atoms with Crippen LogP contribution in [0.2, 0.25) is 0 Å². The van der Waals surface area contributed by atoms with Crippen molar-refractivity contribution in [1.82, 2.24) is 5.32 Å². The summed E-state index contributed by atoms with van der Waals surface area (Å²) in [4.78, 5) is 0. The third kappa shape index (κ3) is 4.10. The minimum absolute atomic E-state index is 0.199. The first kappa shape index (κ1) is 10.3. The zero-order valence-electron chi connectivity index (χ0n) is 7.99. The summed E-state index contributed by atoms with van der Waals surface area (Å²) in [6.45, 7) is 2.98. The molecule has 1 heterocycles. The van der Waals surface area contributed by atoms with Crippen LogP contribution in [0.4, 0.5) is 0 Å². The SMILES string of the molecule is CC(CCc1ccco1)NCCO. The highest BCUT2D eigenvalue weighted by Gasteiger charge is 2.02. The predicted molar refractivity (Wildman–Crippen MR) is 51.6 cm³/mol. The van der Waals surface area contributed by atoms with E-state index in [2.05, 4.69) is 12.2 Å². The van der Waals surface area contributed by atoms with E-state index in [1.54, 1.807) is 6.26 Å². The van der Waals surface area contributed by atoms with E-state index >= 15 is 0 Å². The molecule has 0 aromatic carbocycles. The molecule has 74 valence electrons. The molecule has 1 aromatic rings. The smallest absolute Gasteiger partial charge is 0.103 e. The molecule has 0 bridgehead atoms. The molecule has 2 N–H and O–H groups in total. The van der Waals surface area contributed by atoms with Gasteiger partial charge in [0, 0.05) is 19.0 Å². The maximum absolute atomic E-state index is 8.59. The van der Waals surface area contributed by atoms with Gasteiger partial charge in [-0.3, -0.25) is 0 Å². The fourth-order valence-electron chi connectivity index (χ4n) is 1.23. The standard InChI is InChI=1S/C10H17NO2/c1-9(11-6-7-12)4-5-10-3-2-8-13-10/h2-3,8-9,11-12H,4-7H2,1H3. The highest BCUT2D eigenvalue weighted by molar-refractivity contribution is 4.98. The number of furan rings is 1.